The molecule has 1 amide bonds. The van der Waals surface area contributed by atoms with E-state index in [4.69, 9.17) is 0 Å². The first-order valence-corrected chi connectivity index (χ1v) is 18.6. The fourth-order valence-corrected chi connectivity index (χ4v) is 9.17. The van der Waals surface area contributed by atoms with Crippen LogP contribution >= 0.6 is 0 Å². The molecule has 55 heavy (non-hydrogen) atoms. The first-order chi connectivity index (χ1) is 26.0. The number of carbonyl (C=O) groups excluding carboxylic acids is 1. The van der Waals surface area contributed by atoms with E-state index in [1.807, 2.05) is 0 Å². The van der Waals surface area contributed by atoms with E-state index in [1.54, 1.807) is 53.8 Å². The summed E-state index contributed by atoms with van der Waals surface area (Å²) in [7, 11) is -4.57. The van der Waals surface area contributed by atoms with Gasteiger partial charge in [0.2, 0.25) is 10.0 Å². The monoisotopic (exact) mass is 770 g/mol. The summed E-state index contributed by atoms with van der Waals surface area (Å²) >= 11 is 0. The van der Waals surface area contributed by atoms with Gasteiger partial charge in [-0.25, -0.2) is 21.9 Å². The average Bonchev–Trinajstić information content (AvgIpc) is 3.82. The van der Waals surface area contributed by atoms with Crippen LogP contribution in [-0.4, -0.2) is 62.5 Å². The first-order valence-electron chi connectivity index (χ1n) is 17.1. The Balaban J connectivity index is 1.24. The number of aliphatic hydroxyl groups is 1. The molecule has 4 aromatic carbocycles. The normalized spacial score (nSPS) is 18.1. The Labute approximate surface area is 312 Å². The maximum absolute atomic E-state index is 16.0. The smallest absolute Gasteiger partial charge is 0.296 e. The van der Waals surface area contributed by atoms with Crippen LogP contribution in [-0.2, 0) is 16.6 Å². The van der Waals surface area contributed by atoms with Gasteiger partial charge in [0.25, 0.3) is 17.3 Å². The number of nitrogens with zero attached hydrogens (tertiary/aromatic N) is 5. The molecule has 0 unspecified atom stereocenters. The van der Waals surface area contributed by atoms with Crippen molar-refractivity contribution >= 4 is 38.2 Å². The molecule has 0 saturated carbocycles. The van der Waals surface area contributed by atoms with Crippen molar-refractivity contribution in [2.75, 3.05) is 0 Å². The second-order valence-electron chi connectivity index (χ2n) is 14.4. The fourth-order valence-electron chi connectivity index (χ4n) is 7.73. The summed E-state index contributed by atoms with van der Waals surface area (Å²) in [5.74, 6) is -1.90. The number of carbonyl (C=O) groups is 1. The highest BCUT2D eigenvalue weighted by atomic mass is 32.2. The Morgan fingerprint density at radius 2 is 1.73 bits per heavy atom. The topological polar surface area (TPSA) is 202 Å². The number of non-ortho nitro benzene ring substituents is 1. The van der Waals surface area contributed by atoms with Crippen LogP contribution < -0.4 is 4.72 Å². The Hall–Kier alpha value is -6.09. The summed E-state index contributed by atoms with van der Waals surface area (Å²) in [4.78, 5) is 36.1. The number of halogens is 2. The van der Waals surface area contributed by atoms with Gasteiger partial charge in [-0.3, -0.25) is 25.0 Å². The number of sulfonamides is 1. The van der Waals surface area contributed by atoms with Crippen molar-refractivity contribution in [1.29, 1.82) is 5.26 Å². The van der Waals surface area contributed by atoms with Gasteiger partial charge in [0.15, 0.2) is 4.90 Å². The minimum Gasteiger partial charge on any atom is -0.389 e. The van der Waals surface area contributed by atoms with Crippen LogP contribution in [0.2, 0.25) is 0 Å². The molecule has 2 aliphatic rings. The number of benzene rings is 4. The quantitative estimate of drug-likeness (QED) is 0.118. The summed E-state index contributed by atoms with van der Waals surface area (Å²) in [6.45, 7) is 3.48. The predicted molar refractivity (Wildman–Crippen MR) is 195 cm³/mol. The van der Waals surface area contributed by atoms with Gasteiger partial charge in [-0.15, -0.1) is 0 Å². The molecule has 2 saturated heterocycles. The fraction of sp³-hybridized carbons (Fsp3) is 0.263. The first kappa shape index (κ1) is 37.2. The summed E-state index contributed by atoms with van der Waals surface area (Å²) < 4.78 is 62.2. The molecule has 3 heterocycles. The summed E-state index contributed by atoms with van der Waals surface area (Å²) in [6, 6.07) is 15.3. The Morgan fingerprint density at radius 1 is 0.964 bits per heavy atom. The molecule has 17 heteroatoms. The van der Waals surface area contributed by atoms with Gasteiger partial charge in [0.1, 0.15) is 17.7 Å². The molecule has 2 fully saturated rings. The van der Waals surface area contributed by atoms with Crippen molar-refractivity contribution < 1.29 is 36.9 Å². The van der Waals surface area contributed by atoms with Gasteiger partial charge in [-0.2, -0.15) is 5.26 Å². The molecule has 282 valence electrons. The molecule has 0 radical (unpaired) electrons. The highest BCUT2D eigenvalue weighted by Crippen LogP contribution is 2.42. The van der Waals surface area contributed by atoms with Crippen molar-refractivity contribution in [3.05, 3.63) is 122 Å². The predicted octanol–water partition coefficient (Wildman–Crippen LogP) is 6.44. The number of hydrogen-bond acceptors (Lipinski definition) is 9. The number of nitrogens with one attached hydrogen (secondary N) is 1. The van der Waals surface area contributed by atoms with E-state index >= 15 is 8.78 Å². The zero-order valence-corrected chi connectivity index (χ0v) is 30.1. The van der Waals surface area contributed by atoms with Crippen LogP contribution in [0.1, 0.15) is 49.0 Å². The van der Waals surface area contributed by atoms with Gasteiger partial charge in [-0.1, -0.05) is 12.1 Å². The van der Waals surface area contributed by atoms with Crippen LogP contribution in [0, 0.1) is 43.2 Å². The second kappa shape index (κ2) is 13.6. The van der Waals surface area contributed by atoms with Crippen molar-refractivity contribution in [3.63, 3.8) is 0 Å². The minimum atomic E-state index is -4.57. The number of nitro benzene ring substituents is 2. The van der Waals surface area contributed by atoms with E-state index in [1.165, 1.54) is 30.3 Å². The largest absolute Gasteiger partial charge is 0.389 e. The number of hydrogen-bond donors (Lipinski definition) is 2. The highest BCUT2D eigenvalue weighted by Gasteiger charge is 2.50. The van der Waals surface area contributed by atoms with Crippen LogP contribution in [0.25, 0.3) is 33.2 Å². The highest BCUT2D eigenvalue weighted by molar-refractivity contribution is 7.89. The second-order valence-corrected chi connectivity index (χ2v) is 16.0. The molecule has 14 nitrogen and oxygen atoms in total. The Morgan fingerprint density at radius 3 is 2.40 bits per heavy atom. The van der Waals surface area contributed by atoms with Crippen LogP contribution in [0.5, 0.6) is 0 Å². The molecular formula is C38H32F2N6O8S. The summed E-state index contributed by atoms with van der Waals surface area (Å²) in [6.07, 6.45) is 2.89. The van der Waals surface area contributed by atoms with Crippen molar-refractivity contribution in [3.8, 4) is 28.3 Å². The molecule has 0 spiro atoms. The van der Waals surface area contributed by atoms with E-state index < -0.39 is 77.4 Å². The van der Waals surface area contributed by atoms with Crippen molar-refractivity contribution in [2.24, 2.45) is 0 Å². The van der Waals surface area contributed by atoms with Crippen LogP contribution in [0.4, 0.5) is 20.2 Å². The maximum Gasteiger partial charge on any atom is 0.296 e. The van der Waals surface area contributed by atoms with Crippen molar-refractivity contribution in [2.45, 2.75) is 68.3 Å². The summed E-state index contributed by atoms with van der Waals surface area (Å²) in [5, 5.41) is 43.2. The third-order valence-electron chi connectivity index (χ3n) is 10.1. The van der Waals surface area contributed by atoms with Crippen molar-refractivity contribution in [1.82, 2.24) is 14.2 Å². The van der Waals surface area contributed by atoms with E-state index in [0.29, 0.717) is 35.4 Å². The zero-order valence-electron chi connectivity index (χ0n) is 29.3. The van der Waals surface area contributed by atoms with E-state index in [2.05, 4.69) is 4.72 Å². The molecule has 5 aromatic rings. The maximum atomic E-state index is 16.0. The zero-order chi connectivity index (χ0) is 39.6. The molecule has 2 aliphatic heterocycles. The molecule has 1 aromatic heterocycles. The molecule has 2 N–H and O–H groups in total. The molecule has 3 atom stereocenters. The molecule has 0 aliphatic carbocycles. The lowest BCUT2D eigenvalue weighted by Crippen LogP contribution is -2.45. The van der Waals surface area contributed by atoms with Gasteiger partial charge in [-0.05, 0) is 98.3 Å². The molecular weight excluding hydrogens is 739 g/mol. The molecule has 7 rings (SSSR count). The Bertz CT molecular complexity index is 2600. The van der Waals surface area contributed by atoms with Gasteiger partial charge >= 0.3 is 0 Å². The van der Waals surface area contributed by atoms with E-state index in [9.17, 15) is 43.8 Å². The van der Waals surface area contributed by atoms with Gasteiger partial charge in [0, 0.05) is 46.9 Å². The average molecular weight is 771 g/mol. The van der Waals surface area contributed by atoms with Crippen LogP contribution in [0.15, 0.2) is 83.9 Å². The number of amides is 1. The van der Waals surface area contributed by atoms with E-state index in [-0.39, 0.29) is 40.8 Å². The standard InChI is InChI=1S/C38H32F2N6O8S/c1-38(2,48)20-43-12-11-22-13-29(31(40)18-34(22)43)27-8-5-23(14-28(27)21-3-4-24(19-41)30(39)15-21)37(47)44-25-6-9-33(44)32(16-25)42-55(53,54)36-10-7-26(45(49)50)17-35(36)46(51)52/h3-5,7-8,10-15,17-18,25,32-33,42,48H,6,9,16,20H2,1-2H3/t25-,32+,33+/m0/s1. The van der Waals surface area contributed by atoms with Gasteiger partial charge in [0.05, 0.1) is 39.1 Å². The third-order valence-corrected chi connectivity index (χ3v) is 11.6. The van der Waals surface area contributed by atoms with Crippen LogP contribution in [0.3, 0.4) is 0 Å². The Kier molecular flexibility index (Phi) is 9.24. The number of rotatable bonds is 10. The third kappa shape index (κ3) is 6.91. The number of aromatic nitrogens is 1. The van der Waals surface area contributed by atoms with E-state index in [0.717, 1.165) is 18.2 Å². The lowest BCUT2D eigenvalue weighted by Gasteiger charge is -2.25. The molecule has 2 bridgehead atoms. The van der Waals surface area contributed by atoms with Gasteiger partial charge < -0.3 is 14.6 Å². The minimum absolute atomic E-state index is 0.146. The SMILES string of the molecule is CC(C)(O)Cn1ccc2cc(-c3ccc(C(=O)N4[C@H]5CC[C@@H]4[C@H](NS(=O)(=O)c4ccc([N+](=O)[O-])cc4[N+](=O)[O-])C5)cc3-c3ccc(C#N)c(F)c3)c(F)cc21. The lowest BCUT2D eigenvalue weighted by atomic mass is 9.91. The number of nitriles is 1. The lowest BCUT2D eigenvalue weighted by molar-refractivity contribution is -0.396. The number of nitro groups is 2. The summed E-state index contributed by atoms with van der Waals surface area (Å²) in [5.41, 5.74) is -1.17. The number of fused-ring (bicyclic) bond motifs is 3.